The molecule has 18 heavy (non-hydrogen) atoms. The van der Waals surface area contributed by atoms with Crippen molar-refractivity contribution in [1.82, 2.24) is 10.2 Å². The van der Waals surface area contributed by atoms with E-state index in [-0.39, 0.29) is 24.5 Å². The van der Waals surface area contributed by atoms with Crippen molar-refractivity contribution in [3.8, 4) is 12.3 Å². The Kier molecular flexibility index (Phi) is 5.02. The minimum absolute atomic E-state index is 0.0243. The van der Waals surface area contributed by atoms with E-state index in [9.17, 15) is 9.59 Å². The third-order valence-electron chi connectivity index (χ3n) is 3.29. The van der Waals surface area contributed by atoms with E-state index in [1.54, 1.807) is 0 Å². The lowest BCUT2D eigenvalue weighted by Crippen LogP contribution is -2.43. The fraction of sp³-hybridized carbons (Fsp3) is 0.692. The summed E-state index contributed by atoms with van der Waals surface area (Å²) in [5, 5.41) is 11.8. The zero-order chi connectivity index (χ0) is 13.7. The van der Waals surface area contributed by atoms with Gasteiger partial charge in [-0.2, -0.15) is 0 Å². The van der Waals surface area contributed by atoms with Crippen LogP contribution in [-0.2, 0) is 4.79 Å². The molecule has 5 nitrogen and oxygen atoms in total. The molecule has 0 bridgehead atoms. The quantitative estimate of drug-likeness (QED) is 0.737. The number of aliphatic carboxylic acids is 1. The Hall–Kier alpha value is -1.70. The summed E-state index contributed by atoms with van der Waals surface area (Å²) in [6.45, 7) is 4.56. The van der Waals surface area contributed by atoms with E-state index in [1.807, 2.05) is 13.8 Å². The Morgan fingerprint density at radius 3 is 2.67 bits per heavy atom. The predicted octanol–water partition coefficient (Wildman–Crippen LogP) is 1.15. The second-order valence-corrected chi connectivity index (χ2v) is 4.78. The normalized spacial score (nSPS) is 24.4. The number of amides is 2. The van der Waals surface area contributed by atoms with Crippen LogP contribution in [0.2, 0.25) is 0 Å². The van der Waals surface area contributed by atoms with Crippen molar-refractivity contribution in [3.63, 3.8) is 0 Å². The van der Waals surface area contributed by atoms with Crippen molar-refractivity contribution in [1.29, 1.82) is 0 Å². The summed E-state index contributed by atoms with van der Waals surface area (Å²) in [6, 6.07) is -0.538. The number of hydrogen-bond acceptors (Lipinski definition) is 2. The van der Waals surface area contributed by atoms with Crippen LogP contribution in [0.4, 0.5) is 4.79 Å². The number of carboxylic acid groups (broad SMARTS) is 1. The second-order valence-electron chi connectivity index (χ2n) is 4.78. The van der Waals surface area contributed by atoms with Crippen LogP contribution in [0.15, 0.2) is 0 Å². The van der Waals surface area contributed by atoms with Gasteiger partial charge in [0, 0.05) is 13.1 Å². The van der Waals surface area contributed by atoms with Gasteiger partial charge in [0.15, 0.2) is 0 Å². The van der Waals surface area contributed by atoms with Crippen LogP contribution in [0.25, 0.3) is 0 Å². The lowest BCUT2D eigenvalue weighted by molar-refractivity contribution is -0.142. The molecule has 5 heteroatoms. The van der Waals surface area contributed by atoms with Crippen LogP contribution in [0.5, 0.6) is 0 Å². The summed E-state index contributed by atoms with van der Waals surface area (Å²) in [6.07, 6.45) is 6.95. The van der Waals surface area contributed by atoms with Gasteiger partial charge in [-0.15, -0.1) is 6.42 Å². The van der Waals surface area contributed by atoms with Gasteiger partial charge in [-0.25, -0.2) is 4.79 Å². The summed E-state index contributed by atoms with van der Waals surface area (Å²) in [7, 11) is 0. The molecule has 0 aliphatic carbocycles. The van der Waals surface area contributed by atoms with E-state index in [4.69, 9.17) is 11.5 Å². The fourth-order valence-electron chi connectivity index (χ4n) is 2.18. The smallest absolute Gasteiger partial charge is 0.318 e. The Balaban J connectivity index is 2.54. The summed E-state index contributed by atoms with van der Waals surface area (Å²) in [5.74, 6) is 1.18. The van der Waals surface area contributed by atoms with E-state index < -0.39 is 11.9 Å². The minimum atomic E-state index is -0.847. The van der Waals surface area contributed by atoms with Crippen LogP contribution >= 0.6 is 0 Å². The van der Waals surface area contributed by atoms with E-state index >= 15 is 0 Å². The average Bonchev–Trinajstić information content (AvgIpc) is 2.70. The summed E-state index contributed by atoms with van der Waals surface area (Å²) < 4.78 is 0. The van der Waals surface area contributed by atoms with Gasteiger partial charge in [-0.3, -0.25) is 4.79 Å². The van der Waals surface area contributed by atoms with E-state index in [0.717, 1.165) is 12.8 Å². The average molecular weight is 252 g/mol. The summed E-state index contributed by atoms with van der Waals surface area (Å²) in [4.78, 5) is 24.4. The highest BCUT2D eigenvalue weighted by Gasteiger charge is 2.37. The molecule has 2 N–H and O–H groups in total. The number of carboxylic acids is 1. The third-order valence-corrected chi connectivity index (χ3v) is 3.29. The number of urea groups is 1. The highest BCUT2D eigenvalue weighted by atomic mass is 16.4. The van der Waals surface area contributed by atoms with Crippen LogP contribution in [0, 0.1) is 24.2 Å². The topological polar surface area (TPSA) is 69.6 Å². The highest BCUT2D eigenvalue weighted by molar-refractivity contribution is 5.78. The van der Waals surface area contributed by atoms with Gasteiger partial charge in [0.1, 0.15) is 0 Å². The number of likely N-dealkylation sites (tertiary alicyclic amines) is 1. The molecule has 1 aliphatic heterocycles. The molecule has 0 aromatic rings. The molecule has 3 atom stereocenters. The van der Waals surface area contributed by atoms with Crippen molar-refractivity contribution >= 4 is 12.0 Å². The maximum absolute atomic E-state index is 11.9. The third kappa shape index (κ3) is 3.39. The SMILES string of the molecule is C#CC(CCC)NC(=O)N1CC(C)C(C(=O)O)C1. The maximum atomic E-state index is 11.9. The number of nitrogens with zero attached hydrogens (tertiary/aromatic N) is 1. The van der Waals surface area contributed by atoms with E-state index in [2.05, 4.69) is 11.2 Å². The van der Waals surface area contributed by atoms with E-state index in [1.165, 1.54) is 4.90 Å². The fourth-order valence-corrected chi connectivity index (χ4v) is 2.18. The van der Waals surface area contributed by atoms with Crippen LogP contribution in [0.1, 0.15) is 26.7 Å². The molecule has 0 aromatic carbocycles. The predicted molar refractivity (Wildman–Crippen MR) is 67.9 cm³/mol. The number of carbonyl (C=O) groups excluding carboxylic acids is 1. The van der Waals surface area contributed by atoms with Crippen LogP contribution in [0.3, 0.4) is 0 Å². The van der Waals surface area contributed by atoms with Gasteiger partial charge in [0.2, 0.25) is 0 Å². The molecule has 1 fully saturated rings. The molecule has 0 radical (unpaired) electrons. The van der Waals surface area contributed by atoms with Crippen LogP contribution in [-0.4, -0.2) is 41.1 Å². The first-order valence-corrected chi connectivity index (χ1v) is 6.24. The standard InChI is InChI=1S/C13H20N2O3/c1-4-6-10(5-2)14-13(18)15-7-9(3)11(8-15)12(16)17/h2,9-11H,4,6-8H2,1,3H3,(H,14,18)(H,16,17). The molecular formula is C13H20N2O3. The summed E-state index contributed by atoms with van der Waals surface area (Å²) in [5.41, 5.74) is 0. The largest absolute Gasteiger partial charge is 0.481 e. The van der Waals surface area contributed by atoms with Gasteiger partial charge in [0.25, 0.3) is 0 Å². The molecular weight excluding hydrogens is 232 g/mol. The number of terminal acetylenes is 1. The lowest BCUT2D eigenvalue weighted by Gasteiger charge is -2.20. The zero-order valence-corrected chi connectivity index (χ0v) is 10.8. The van der Waals surface area contributed by atoms with Gasteiger partial charge in [-0.1, -0.05) is 26.2 Å². The number of hydrogen-bond donors (Lipinski definition) is 2. The number of rotatable bonds is 4. The van der Waals surface area contributed by atoms with Gasteiger partial charge < -0.3 is 15.3 Å². The van der Waals surface area contributed by atoms with Crippen molar-refractivity contribution in [3.05, 3.63) is 0 Å². The molecule has 1 saturated heterocycles. The Labute approximate surface area is 108 Å². The molecule has 1 aliphatic rings. The molecule has 2 amide bonds. The minimum Gasteiger partial charge on any atom is -0.481 e. The van der Waals surface area contributed by atoms with Crippen LogP contribution < -0.4 is 5.32 Å². The highest BCUT2D eigenvalue weighted by Crippen LogP contribution is 2.23. The van der Waals surface area contributed by atoms with Crippen molar-refractivity contribution in [2.45, 2.75) is 32.7 Å². The molecule has 0 spiro atoms. The van der Waals surface area contributed by atoms with Crippen molar-refractivity contribution < 1.29 is 14.7 Å². The molecule has 1 heterocycles. The second kappa shape index (κ2) is 6.29. The van der Waals surface area contributed by atoms with E-state index in [0.29, 0.717) is 6.54 Å². The molecule has 0 aromatic heterocycles. The van der Waals surface area contributed by atoms with Crippen molar-refractivity contribution in [2.24, 2.45) is 11.8 Å². The first-order chi connectivity index (χ1) is 8.49. The summed E-state index contributed by atoms with van der Waals surface area (Å²) >= 11 is 0. The Morgan fingerprint density at radius 2 is 2.22 bits per heavy atom. The number of carbonyl (C=O) groups is 2. The Morgan fingerprint density at radius 1 is 1.56 bits per heavy atom. The zero-order valence-electron chi connectivity index (χ0n) is 10.8. The molecule has 0 saturated carbocycles. The molecule has 1 rings (SSSR count). The first-order valence-electron chi connectivity index (χ1n) is 6.24. The van der Waals surface area contributed by atoms with Crippen molar-refractivity contribution in [2.75, 3.05) is 13.1 Å². The first kappa shape index (κ1) is 14.4. The van der Waals surface area contributed by atoms with Gasteiger partial charge >= 0.3 is 12.0 Å². The maximum Gasteiger partial charge on any atom is 0.318 e. The van der Waals surface area contributed by atoms with Gasteiger partial charge in [0.05, 0.1) is 12.0 Å². The molecule has 3 unspecified atom stereocenters. The van der Waals surface area contributed by atoms with Gasteiger partial charge in [-0.05, 0) is 12.3 Å². The molecule has 100 valence electrons. The number of nitrogens with one attached hydrogen (secondary N) is 1. The lowest BCUT2D eigenvalue weighted by atomic mass is 9.99. The monoisotopic (exact) mass is 252 g/mol. The Bertz CT molecular complexity index is 362.